The summed E-state index contributed by atoms with van der Waals surface area (Å²) in [4.78, 5) is 26.7. The second kappa shape index (κ2) is 12.5. The van der Waals surface area contributed by atoms with Gasteiger partial charge in [-0.1, -0.05) is 6.07 Å². The van der Waals surface area contributed by atoms with Crippen molar-refractivity contribution in [3.63, 3.8) is 0 Å². The van der Waals surface area contributed by atoms with Gasteiger partial charge in [0.2, 0.25) is 5.88 Å². The fourth-order valence-corrected chi connectivity index (χ4v) is 5.78. The molecule has 0 saturated carbocycles. The smallest absolute Gasteiger partial charge is 0.325 e. The maximum absolute atomic E-state index is 15.2. The molecule has 3 atom stereocenters. The van der Waals surface area contributed by atoms with E-state index in [-0.39, 0.29) is 37.7 Å². The first-order chi connectivity index (χ1) is 18.9. The minimum absolute atomic E-state index is 0.00713. The van der Waals surface area contributed by atoms with Crippen LogP contribution in [0.3, 0.4) is 0 Å². The average molecular weight is 546 g/mol. The zero-order chi connectivity index (χ0) is 27.2. The van der Waals surface area contributed by atoms with Gasteiger partial charge < -0.3 is 19.9 Å². The Morgan fingerprint density at radius 3 is 3.03 bits per heavy atom. The van der Waals surface area contributed by atoms with Gasteiger partial charge in [0.1, 0.15) is 18.2 Å². The van der Waals surface area contributed by atoms with Gasteiger partial charge in [0.15, 0.2) is 0 Å². The van der Waals surface area contributed by atoms with E-state index >= 15 is 8.78 Å². The number of pyridine rings is 1. The molecule has 2 fully saturated rings. The van der Waals surface area contributed by atoms with E-state index in [2.05, 4.69) is 26.3 Å². The number of aryl methyl sites for hydroxylation is 2. The number of alkyl halides is 2. The van der Waals surface area contributed by atoms with Gasteiger partial charge in [-0.25, -0.2) is 23.7 Å². The third kappa shape index (κ3) is 6.81. The molecule has 5 rings (SSSR count). The van der Waals surface area contributed by atoms with Crippen LogP contribution in [-0.2, 0) is 22.4 Å². The van der Waals surface area contributed by atoms with E-state index in [1.165, 1.54) is 18.1 Å². The first-order valence-electron chi connectivity index (χ1n) is 14.0. The molecule has 2 aromatic rings. The van der Waals surface area contributed by atoms with Crippen molar-refractivity contribution in [3.05, 3.63) is 41.5 Å². The van der Waals surface area contributed by atoms with Crippen LogP contribution in [-0.4, -0.2) is 76.3 Å². The second-order valence-electron chi connectivity index (χ2n) is 10.9. The highest BCUT2D eigenvalue weighted by Crippen LogP contribution is 2.40. The fraction of sp³-hybridized carbons (Fsp3) is 0.643. The van der Waals surface area contributed by atoms with E-state index in [9.17, 15) is 9.90 Å². The van der Waals surface area contributed by atoms with Gasteiger partial charge in [-0.05, 0) is 63.1 Å². The van der Waals surface area contributed by atoms with E-state index in [1.54, 1.807) is 4.90 Å². The topological polar surface area (TPSA) is 110 Å². The number of nitrogens with one attached hydrogen (secondary N) is 1. The number of halogens is 2. The molecule has 212 valence electrons. The van der Waals surface area contributed by atoms with Gasteiger partial charge >= 0.3 is 5.97 Å². The third-order valence-corrected chi connectivity index (χ3v) is 8.04. The summed E-state index contributed by atoms with van der Waals surface area (Å²) in [5.41, 5.74) is 2.43. The quantitative estimate of drug-likeness (QED) is 0.380. The van der Waals surface area contributed by atoms with Crippen molar-refractivity contribution in [2.24, 2.45) is 11.8 Å². The van der Waals surface area contributed by atoms with Crippen LogP contribution in [0.2, 0.25) is 0 Å². The molecular formula is C28H37F2N5O4. The Morgan fingerprint density at radius 1 is 1.31 bits per heavy atom. The number of carbonyl (C=O) groups is 1. The molecule has 0 bridgehead atoms. The maximum atomic E-state index is 15.2. The number of ether oxygens (including phenoxy) is 2. The molecule has 3 aliphatic heterocycles. The van der Waals surface area contributed by atoms with E-state index in [1.807, 2.05) is 6.07 Å². The number of carboxylic acids is 1. The number of fused-ring (bicyclic) bond motifs is 1. The highest BCUT2D eigenvalue weighted by molar-refractivity contribution is 5.76. The van der Waals surface area contributed by atoms with Crippen LogP contribution >= 0.6 is 0 Å². The number of hydrogen-bond donors (Lipinski definition) is 2. The molecule has 0 aliphatic carbocycles. The molecule has 39 heavy (non-hydrogen) atoms. The van der Waals surface area contributed by atoms with E-state index in [0.717, 1.165) is 37.3 Å². The Hall–Kier alpha value is -2.92. The summed E-state index contributed by atoms with van der Waals surface area (Å²) >= 11 is 0. The number of rotatable bonds is 12. The molecule has 0 spiro atoms. The van der Waals surface area contributed by atoms with Gasteiger partial charge in [-0.2, -0.15) is 0 Å². The van der Waals surface area contributed by atoms with Crippen molar-refractivity contribution in [1.29, 1.82) is 0 Å². The van der Waals surface area contributed by atoms with Gasteiger partial charge in [0.05, 0.1) is 18.8 Å². The van der Waals surface area contributed by atoms with Crippen LogP contribution in [0.25, 0.3) is 0 Å². The standard InChI is InChI=1S/C28H37F2N5O4/c29-28(30,10-2-1-5-22-7-6-20-4-3-11-32-25(20)34-22)21-8-12-35(15-21)24(27(36)37)23-14-31-18-33-26(23)39-17-19-9-13-38-16-19/h6-7,14,18-19,21,24H,1-5,8-13,15-17H2,(H,32,34)(H,36,37)/t19-,21-,24?/m1/s1. The Balaban J connectivity index is 1.15. The van der Waals surface area contributed by atoms with Crippen LogP contribution in [0.15, 0.2) is 24.7 Å². The predicted molar refractivity (Wildman–Crippen MR) is 140 cm³/mol. The zero-order valence-electron chi connectivity index (χ0n) is 22.2. The van der Waals surface area contributed by atoms with Crippen LogP contribution in [0, 0.1) is 11.8 Å². The lowest BCUT2D eigenvalue weighted by molar-refractivity contribution is -0.143. The lowest BCUT2D eigenvalue weighted by Crippen LogP contribution is -2.36. The first-order valence-corrected chi connectivity index (χ1v) is 14.0. The lowest BCUT2D eigenvalue weighted by Gasteiger charge is -2.27. The molecule has 3 aliphatic rings. The Labute approximate surface area is 227 Å². The first kappa shape index (κ1) is 27.6. The SMILES string of the molecule is O=C(O)C(c1cncnc1OC[C@@H]1CCOC1)N1CC[C@@H](C(F)(F)CCCCc2ccc3c(n2)NCCC3)C1. The number of anilines is 1. The summed E-state index contributed by atoms with van der Waals surface area (Å²) in [5, 5.41) is 13.4. The summed E-state index contributed by atoms with van der Waals surface area (Å²) < 4.78 is 41.7. The minimum atomic E-state index is -2.88. The predicted octanol–water partition coefficient (Wildman–Crippen LogP) is 4.14. The number of likely N-dealkylation sites (tertiary alicyclic amines) is 1. The Kier molecular flexibility index (Phi) is 8.86. The molecule has 2 aromatic heterocycles. The molecule has 5 heterocycles. The van der Waals surface area contributed by atoms with E-state index in [0.29, 0.717) is 44.6 Å². The summed E-state index contributed by atoms with van der Waals surface area (Å²) in [6, 6.07) is 2.94. The fourth-order valence-electron chi connectivity index (χ4n) is 5.78. The largest absolute Gasteiger partial charge is 0.480 e. The summed E-state index contributed by atoms with van der Waals surface area (Å²) in [6.45, 7) is 2.79. The molecule has 2 saturated heterocycles. The van der Waals surface area contributed by atoms with Gasteiger partial charge in [-0.15, -0.1) is 0 Å². The number of unbranched alkanes of at least 4 members (excludes halogenated alkanes) is 1. The van der Waals surface area contributed by atoms with Crippen molar-refractivity contribution in [2.75, 3.05) is 44.8 Å². The number of aromatic nitrogens is 3. The molecule has 0 amide bonds. The van der Waals surface area contributed by atoms with Crippen LogP contribution in [0.5, 0.6) is 5.88 Å². The Bertz CT molecular complexity index is 1130. The van der Waals surface area contributed by atoms with Gasteiger partial charge in [-0.3, -0.25) is 9.69 Å². The number of hydrogen-bond acceptors (Lipinski definition) is 8. The third-order valence-electron chi connectivity index (χ3n) is 8.04. The number of carboxylic acid groups (broad SMARTS) is 1. The summed E-state index contributed by atoms with van der Waals surface area (Å²) in [5.74, 6) is -3.59. The average Bonchev–Trinajstić information content (AvgIpc) is 3.64. The lowest BCUT2D eigenvalue weighted by atomic mass is 9.95. The summed E-state index contributed by atoms with van der Waals surface area (Å²) in [6.07, 6.45) is 7.39. The normalized spacial score (nSPS) is 22.3. The van der Waals surface area contributed by atoms with Crippen molar-refractivity contribution >= 4 is 11.8 Å². The van der Waals surface area contributed by atoms with Crippen molar-refractivity contribution in [3.8, 4) is 5.88 Å². The highest BCUT2D eigenvalue weighted by atomic mass is 19.3. The molecule has 2 N–H and O–H groups in total. The number of aliphatic carboxylic acids is 1. The molecule has 9 nitrogen and oxygen atoms in total. The van der Waals surface area contributed by atoms with Crippen LogP contribution in [0.1, 0.15) is 61.4 Å². The van der Waals surface area contributed by atoms with Crippen LogP contribution < -0.4 is 10.1 Å². The molecular weight excluding hydrogens is 508 g/mol. The molecule has 11 heteroatoms. The van der Waals surface area contributed by atoms with E-state index in [4.69, 9.17) is 9.47 Å². The van der Waals surface area contributed by atoms with Gasteiger partial charge in [0.25, 0.3) is 5.92 Å². The minimum Gasteiger partial charge on any atom is -0.480 e. The molecule has 1 unspecified atom stereocenters. The van der Waals surface area contributed by atoms with Crippen molar-refractivity contribution < 1.29 is 28.2 Å². The van der Waals surface area contributed by atoms with E-state index < -0.39 is 23.9 Å². The van der Waals surface area contributed by atoms with Crippen molar-refractivity contribution in [2.45, 2.75) is 63.3 Å². The summed E-state index contributed by atoms with van der Waals surface area (Å²) in [7, 11) is 0. The van der Waals surface area contributed by atoms with Gasteiger partial charge in [0, 0.05) is 49.8 Å². The monoisotopic (exact) mass is 545 g/mol. The highest BCUT2D eigenvalue weighted by Gasteiger charge is 2.46. The second-order valence-corrected chi connectivity index (χ2v) is 10.9. The maximum Gasteiger partial charge on any atom is 0.325 e. The molecule has 0 aromatic carbocycles. The number of nitrogens with zero attached hydrogens (tertiary/aromatic N) is 4. The molecule has 0 radical (unpaired) electrons. The zero-order valence-corrected chi connectivity index (χ0v) is 22.2. The van der Waals surface area contributed by atoms with Crippen molar-refractivity contribution in [1.82, 2.24) is 19.9 Å². The van der Waals surface area contributed by atoms with Crippen LogP contribution in [0.4, 0.5) is 14.6 Å². The Morgan fingerprint density at radius 2 is 2.21 bits per heavy atom.